The lowest BCUT2D eigenvalue weighted by atomic mass is 10.1. The van der Waals surface area contributed by atoms with Crippen molar-refractivity contribution in [3.05, 3.63) is 23.8 Å². The Labute approximate surface area is 134 Å². The topological polar surface area (TPSA) is 93.1 Å². The highest BCUT2D eigenvalue weighted by Gasteiger charge is 2.21. The molecule has 0 aliphatic carbocycles. The standard InChI is InChI=1S/C16H21NO6/c1-4-22-15(20)9-17(10-16(21)23-5-2)14-8-12(19)6-7-13(14)11(3)18/h6-8,19H,4-5,9-10H2,1-3H3. The molecule has 7 nitrogen and oxygen atoms in total. The molecule has 1 aromatic carbocycles. The summed E-state index contributed by atoms with van der Waals surface area (Å²) in [7, 11) is 0. The van der Waals surface area contributed by atoms with Crippen LogP contribution >= 0.6 is 0 Å². The van der Waals surface area contributed by atoms with E-state index in [2.05, 4.69) is 0 Å². The van der Waals surface area contributed by atoms with Crippen LogP contribution in [0.15, 0.2) is 18.2 Å². The first-order valence-electron chi connectivity index (χ1n) is 7.29. The van der Waals surface area contributed by atoms with Crippen molar-refractivity contribution in [1.82, 2.24) is 0 Å². The molecule has 0 aliphatic rings. The fraction of sp³-hybridized carbons (Fsp3) is 0.438. The van der Waals surface area contributed by atoms with Crippen LogP contribution in [-0.4, -0.2) is 49.1 Å². The van der Waals surface area contributed by atoms with Crippen LogP contribution in [0, 0.1) is 0 Å². The number of benzene rings is 1. The predicted molar refractivity (Wildman–Crippen MR) is 83.6 cm³/mol. The molecule has 7 heteroatoms. The van der Waals surface area contributed by atoms with Crippen molar-refractivity contribution in [2.24, 2.45) is 0 Å². The van der Waals surface area contributed by atoms with Crippen molar-refractivity contribution in [2.45, 2.75) is 20.8 Å². The maximum Gasteiger partial charge on any atom is 0.325 e. The average Bonchev–Trinajstić information content (AvgIpc) is 2.46. The van der Waals surface area contributed by atoms with E-state index in [0.29, 0.717) is 0 Å². The van der Waals surface area contributed by atoms with E-state index in [1.165, 1.54) is 30.0 Å². The van der Waals surface area contributed by atoms with E-state index in [1.54, 1.807) is 13.8 Å². The Hall–Kier alpha value is -2.57. The van der Waals surface area contributed by atoms with Crippen LogP contribution in [0.25, 0.3) is 0 Å². The highest BCUT2D eigenvalue weighted by atomic mass is 16.5. The van der Waals surface area contributed by atoms with Gasteiger partial charge in [0.25, 0.3) is 0 Å². The number of ketones is 1. The lowest BCUT2D eigenvalue weighted by Crippen LogP contribution is -2.37. The molecule has 0 saturated heterocycles. The summed E-state index contributed by atoms with van der Waals surface area (Å²) < 4.78 is 9.77. The summed E-state index contributed by atoms with van der Waals surface area (Å²) in [6.45, 7) is 4.62. The quantitative estimate of drug-likeness (QED) is 0.573. The Morgan fingerprint density at radius 1 is 1.04 bits per heavy atom. The van der Waals surface area contributed by atoms with Crippen molar-refractivity contribution in [3.63, 3.8) is 0 Å². The largest absolute Gasteiger partial charge is 0.508 e. The molecule has 0 fully saturated rings. The van der Waals surface area contributed by atoms with E-state index in [0.717, 1.165) is 0 Å². The summed E-state index contributed by atoms with van der Waals surface area (Å²) in [5.41, 5.74) is 0.565. The first kappa shape index (κ1) is 18.5. The van der Waals surface area contributed by atoms with E-state index >= 15 is 0 Å². The first-order chi connectivity index (χ1) is 10.9. The zero-order chi connectivity index (χ0) is 17.4. The second-order valence-corrected chi connectivity index (χ2v) is 4.72. The first-order valence-corrected chi connectivity index (χ1v) is 7.29. The predicted octanol–water partition coefficient (Wildman–Crippen LogP) is 1.53. The van der Waals surface area contributed by atoms with Gasteiger partial charge in [0, 0.05) is 11.6 Å². The number of hydrogen-bond acceptors (Lipinski definition) is 7. The third-order valence-electron chi connectivity index (χ3n) is 2.95. The molecule has 0 radical (unpaired) electrons. The number of ether oxygens (including phenoxy) is 2. The van der Waals surface area contributed by atoms with Gasteiger partial charge in [-0.25, -0.2) is 0 Å². The normalized spacial score (nSPS) is 10.0. The number of phenolic OH excluding ortho intramolecular Hbond substituents is 1. The molecule has 0 aliphatic heterocycles. The summed E-state index contributed by atoms with van der Waals surface area (Å²) in [4.78, 5) is 36.7. The number of phenols is 1. The molecule has 23 heavy (non-hydrogen) atoms. The molecular formula is C16H21NO6. The molecule has 0 aromatic heterocycles. The number of rotatable bonds is 8. The van der Waals surface area contributed by atoms with Gasteiger partial charge in [-0.05, 0) is 32.9 Å². The molecule has 0 saturated carbocycles. The molecule has 1 rings (SSSR count). The minimum absolute atomic E-state index is 0.0808. The number of carbonyl (C=O) groups excluding carboxylic acids is 3. The van der Waals surface area contributed by atoms with Crippen molar-refractivity contribution in [1.29, 1.82) is 0 Å². The van der Waals surface area contributed by atoms with Gasteiger partial charge in [0.2, 0.25) is 0 Å². The number of carbonyl (C=O) groups is 3. The number of nitrogens with zero attached hydrogens (tertiary/aromatic N) is 1. The minimum atomic E-state index is -0.547. The van der Waals surface area contributed by atoms with E-state index in [1.807, 2.05) is 0 Å². The molecule has 0 heterocycles. The third kappa shape index (κ3) is 5.61. The highest BCUT2D eigenvalue weighted by Crippen LogP contribution is 2.26. The SMILES string of the molecule is CCOC(=O)CN(CC(=O)OCC)c1cc(O)ccc1C(C)=O. The van der Waals surface area contributed by atoms with Crippen LogP contribution in [0.1, 0.15) is 31.1 Å². The van der Waals surface area contributed by atoms with E-state index in [-0.39, 0.29) is 49.1 Å². The second kappa shape index (κ2) is 8.77. The smallest absolute Gasteiger partial charge is 0.325 e. The van der Waals surface area contributed by atoms with Crippen LogP contribution in [0.5, 0.6) is 5.75 Å². The third-order valence-corrected chi connectivity index (χ3v) is 2.95. The fourth-order valence-corrected chi connectivity index (χ4v) is 2.03. The minimum Gasteiger partial charge on any atom is -0.508 e. The average molecular weight is 323 g/mol. The summed E-state index contributed by atoms with van der Waals surface area (Å²) in [6, 6.07) is 4.14. The van der Waals surface area contributed by atoms with Gasteiger partial charge in [-0.3, -0.25) is 14.4 Å². The molecule has 1 aromatic rings. The maximum atomic E-state index is 11.8. The summed E-state index contributed by atoms with van der Waals surface area (Å²) in [5.74, 6) is -1.43. The second-order valence-electron chi connectivity index (χ2n) is 4.72. The van der Waals surface area contributed by atoms with Gasteiger partial charge in [-0.15, -0.1) is 0 Å². The van der Waals surface area contributed by atoms with Crippen molar-refractivity contribution >= 4 is 23.4 Å². The fourth-order valence-electron chi connectivity index (χ4n) is 2.03. The van der Waals surface area contributed by atoms with Crippen LogP contribution < -0.4 is 4.90 Å². The number of Topliss-reactive ketones (excluding diaryl/α,β-unsaturated/α-hetero) is 1. The molecule has 0 spiro atoms. The highest BCUT2D eigenvalue weighted by molar-refractivity contribution is 6.01. The molecule has 0 amide bonds. The van der Waals surface area contributed by atoms with Crippen molar-refractivity contribution < 1.29 is 29.0 Å². The Kier molecular flexibility index (Phi) is 7.05. The molecule has 0 bridgehead atoms. The van der Waals surface area contributed by atoms with Gasteiger partial charge < -0.3 is 19.5 Å². The molecule has 1 N–H and O–H groups in total. The van der Waals surface area contributed by atoms with Gasteiger partial charge in [0.15, 0.2) is 5.78 Å². The Morgan fingerprint density at radius 2 is 1.57 bits per heavy atom. The lowest BCUT2D eigenvalue weighted by Gasteiger charge is -2.24. The van der Waals surface area contributed by atoms with Gasteiger partial charge in [-0.1, -0.05) is 0 Å². The molecule has 126 valence electrons. The summed E-state index contributed by atoms with van der Waals surface area (Å²) in [5, 5.41) is 9.67. The van der Waals surface area contributed by atoms with E-state index in [4.69, 9.17) is 9.47 Å². The Balaban J connectivity index is 3.16. The Bertz CT molecular complexity index is 564. The van der Waals surface area contributed by atoms with Gasteiger partial charge in [0.05, 0.1) is 18.9 Å². The number of hydrogen-bond donors (Lipinski definition) is 1. The maximum absolute atomic E-state index is 11.8. The lowest BCUT2D eigenvalue weighted by molar-refractivity contribution is -0.142. The molecular weight excluding hydrogens is 302 g/mol. The zero-order valence-electron chi connectivity index (χ0n) is 13.5. The summed E-state index contributed by atoms with van der Waals surface area (Å²) in [6.07, 6.45) is 0. The number of anilines is 1. The molecule has 0 unspecified atom stereocenters. The summed E-state index contributed by atoms with van der Waals surface area (Å²) >= 11 is 0. The van der Waals surface area contributed by atoms with Gasteiger partial charge >= 0.3 is 11.9 Å². The van der Waals surface area contributed by atoms with E-state index in [9.17, 15) is 19.5 Å². The number of esters is 2. The zero-order valence-corrected chi connectivity index (χ0v) is 13.5. The Morgan fingerprint density at radius 3 is 2.00 bits per heavy atom. The van der Waals surface area contributed by atoms with Gasteiger partial charge in [-0.2, -0.15) is 0 Å². The van der Waals surface area contributed by atoms with Crippen LogP contribution in [0.4, 0.5) is 5.69 Å². The number of aromatic hydroxyl groups is 1. The van der Waals surface area contributed by atoms with Crippen LogP contribution in [0.3, 0.4) is 0 Å². The van der Waals surface area contributed by atoms with Crippen molar-refractivity contribution in [3.8, 4) is 5.75 Å². The van der Waals surface area contributed by atoms with E-state index < -0.39 is 11.9 Å². The monoisotopic (exact) mass is 323 g/mol. The van der Waals surface area contributed by atoms with Crippen molar-refractivity contribution in [2.75, 3.05) is 31.2 Å². The molecule has 0 atom stereocenters. The van der Waals surface area contributed by atoms with Crippen LogP contribution in [0.2, 0.25) is 0 Å². The van der Waals surface area contributed by atoms with Crippen LogP contribution in [-0.2, 0) is 19.1 Å². The van der Waals surface area contributed by atoms with Gasteiger partial charge in [0.1, 0.15) is 18.8 Å².